The largest absolute Gasteiger partial charge is 0.371 e. The van der Waals surface area contributed by atoms with Gasteiger partial charge < -0.3 is 15.0 Å². The number of hydrogen-bond acceptors (Lipinski definition) is 6. The molecule has 8 heteroatoms. The first-order valence-corrected chi connectivity index (χ1v) is 10.9. The molecule has 1 aromatic carbocycles. The van der Waals surface area contributed by atoms with E-state index in [1.807, 2.05) is 18.2 Å². The number of amides is 3. The molecule has 3 saturated heterocycles. The summed E-state index contributed by atoms with van der Waals surface area (Å²) in [6.45, 7) is 5.44. The van der Waals surface area contributed by atoms with Gasteiger partial charge in [0.05, 0.1) is 12.2 Å². The van der Waals surface area contributed by atoms with Crippen molar-refractivity contribution < 1.29 is 19.1 Å². The number of ether oxygens (including phenoxy) is 1. The van der Waals surface area contributed by atoms with Crippen LogP contribution < -0.4 is 10.6 Å². The normalized spacial score (nSPS) is 29.9. The van der Waals surface area contributed by atoms with E-state index in [2.05, 4.69) is 15.5 Å². The van der Waals surface area contributed by atoms with Crippen LogP contribution in [0, 0.1) is 0 Å². The number of nitrogens with one attached hydrogen (secondary N) is 2. The Kier molecular flexibility index (Phi) is 5.08. The van der Waals surface area contributed by atoms with Gasteiger partial charge in [0.1, 0.15) is 6.04 Å². The summed E-state index contributed by atoms with van der Waals surface area (Å²) in [5.41, 5.74) is 2.57. The molecular weight excluding hydrogens is 384 g/mol. The van der Waals surface area contributed by atoms with Gasteiger partial charge in [0.15, 0.2) is 0 Å². The van der Waals surface area contributed by atoms with Gasteiger partial charge in [-0.3, -0.25) is 24.6 Å². The van der Waals surface area contributed by atoms with Crippen LogP contribution in [0.3, 0.4) is 0 Å². The van der Waals surface area contributed by atoms with Gasteiger partial charge in [-0.1, -0.05) is 18.2 Å². The van der Waals surface area contributed by atoms with E-state index in [0.29, 0.717) is 26.1 Å². The Labute approximate surface area is 175 Å². The molecule has 1 spiro atoms. The van der Waals surface area contributed by atoms with Crippen molar-refractivity contribution in [2.45, 2.75) is 50.4 Å². The SMILES string of the molecule is O=C1CCC(N2Cc3cccc(CN4CCOC5(CCCNC5)C4)c3C2=O)C(=O)N1. The summed E-state index contributed by atoms with van der Waals surface area (Å²) < 4.78 is 6.15. The first-order valence-electron chi connectivity index (χ1n) is 10.9. The molecule has 8 nitrogen and oxygen atoms in total. The molecule has 4 aliphatic rings. The van der Waals surface area contributed by atoms with Crippen LogP contribution in [0.4, 0.5) is 0 Å². The van der Waals surface area contributed by atoms with E-state index in [9.17, 15) is 14.4 Å². The van der Waals surface area contributed by atoms with E-state index in [1.54, 1.807) is 4.90 Å². The number of morpholine rings is 1. The lowest BCUT2D eigenvalue weighted by Crippen LogP contribution is -2.58. The van der Waals surface area contributed by atoms with Gasteiger partial charge >= 0.3 is 0 Å². The second-order valence-corrected chi connectivity index (χ2v) is 8.87. The molecule has 4 aliphatic heterocycles. The second kappa shape index (κ2) is 7.76. The van der Waals surface area contributed by atoms with Gasteiger partial charge in [-0.15, -0.1) is 0 Å². The van der Waals surface area contributed by atoms with Crippen LogP contribution in [-0.2, 0) is 27.4 Å². The highest BCUT2D eigenvalue weighted by Gasteiger charge is 2.41. The predicted octanol–water partition coefficient (Wildman–Crippen LogP) is 0.402. The van der Waals surface area contributed by atoms with Gasteiger partial charge in [0.2, 0.25) is 11.8 Å². The number of carbonyl (C=O) groups excluding carboxylic acids is 3. The van der Waals surface area contributed by atoms with E-state index in [0.717, 1.165) is 55.7 Å². The molecule has 0 saturated carbocycles. The van der Waals surface area contributed by atoms with Crippen LogP contribution in [0.1, 0.15) is 47.2 Å². The van der Waals surface area contributed by atoms with Crippen molar-refractivity contribution in [1.82, 2.24) is 20.4 Å². The summed E-state index contributed by atoms with van der Waals surface area (Å²) in [6, 6.07) is 5.41. The van der Waals surface area contributed by atoms with E-state index in [-0.39, 0.29) is 29.7 Å². The third kappa shape index (κ3) is 3.53. The first-order chi connectivity index (χ1) is 14.5. The van der Waals surface area contributed by atoms with Gasteiger partial charge in [0.25, 0.3) is 5.91 Å². The maximum absolute atomic E-state index is 13.3. The lowest BCUT2D eigenvalue weighted by Gasteiger charge is -2.45. The van der Waals surface area contributed by atoms with Gasteiger partial charge in [-0.25, -0.2) is 0 Å². The molecule has 0 radical (unpaired) electrons. The Morgan fingerprint density at radius 3 is 2.93 bits per heavy atom. The Balaban J connectivity index is 1.34. The summed E-state index contributed by atoms with van der Waals surface area (Å²) in [5, 5.41) is 5.82. The molecule has 0 bridgehead atoms. The van der Waals surface area contributed by atoms with Crippen molar-refractivity contribution >= 4 is 17.7 Å². The highest BCUT2D eigenvalue weighted by Crippen LogP contribution is 2.32. The van der Waals surface area contributed by atoms with Crippen LogP contribution in [0.25, 0.3) is 0 Å². The van der Waals surface area contributed by atoms with Crippen molar-refractivity contribution in [3.05, 3.63) is 34.9 Å². The summed E-state index contributed by atoms with van der Waals surface area (Å²) in [6.07, 6.45) is 2.84. The molecule has 3 fully saturated rings. The monoisotopic (exact) mass is 412 g/mol. The highest BCUT2D eigenvalue weighted by molar-refractivity contribution is 6.05. The van der Waals surface area contributed by atoms with Crippen molar-refractivity contribution in [3.8, 4) is 0 Å². The minimum atomic E-state index is -0.574. The number of piperidine rings is 2. The van der Waals surface area contributed by atoms with Crippen LogP contribution >= 0.6 is 0 Å². The van der Waals surface area contributed by atoms with E-state index < -0.39 is 6.04 Å². The predicted molar refractivity (Wildman–Crippen MR) is 109 cm³/mol. The van der Waals surface area contributed by atoms with Crippen molar-refractivity contribution in [1.29, 1.82) is 0 Å². The zero-order chi connectivity index (χ0) is 20.7. The Morgan fingerprint density at radius 2 is 2.13 bits per heavy atom. The summed E-state index contributed by atoms with van der Waals surface area (Å²) >= 11 is 0. The number of nitrogens with zero attached hydrogens (tertiary/aromatic N) is 2. The Morgan fingerprint density at radius 1 is 1.23 bits per heavy atom. The highest BCUT2D eigenvalue weighted by atomic mass is 16.5. The fourth-order valence-corrected chi connectivity index (χ4v) is 5.32. The Bertz CT molecular complexity index is 874. The molecule has 0 aromatic heterocycles. The van der Waals surface area contributed by atoms with E-state index in [4.69, 9.17) is 4.74 Å². The molecule has 5 rings (SSSR count). The molecule has 2 atom stereocenters. The van der Waals surface area contributed by atoms with Gasteiger partial charge in [0, 0.05) is 44.7 Å². The fraction of sp³-hybridized carbons (Fsp3) is 0.591. The minimum Gasteiger partial charge on any atom is -0.371 e. The molecule has 0 aliphatic carbocycles. The molecule has 2 unspecified atom stereocenters. The number of fused-ring (bicyclic) bond motifs is 1. The lowest BCUT2D eigenvalue weighted by atomic mass is 9.91. The molecule has 160 valence electrons. The smallest absolute Gasteiger partial charge is 0.255 e. The number of rotatable bonds is 3. The van der Waals surface area contributed by atoms with Crippen LogP contribution in [-0.4, -0.2) is 72.0 Å². The molecule has 1 aromatic rings. The third-order valence-corrected chi connectivity index (χ3v) is 6.79. The van der Waals surface area contributed by atoms with Gasteiger partial charge in [-0.2, -0.15) is 0 Å². The summed E-state index contributed by atoms with van der Waals surface area (Å²) in [7, 11) is 0. The first kappa shape index (κ1) is 19.7. The number of imide groups is 1. The van der Waals surface area contributed by atoms with Crippen molar-refractivity contribution in [2.24, 2.45) is 0 Å². The molecule has 30 heavy (non-hydrogen) atoms. The fourth-order valence-electron chi connectivity index (χ4n) is 5.32. The van der Waals surface area contributed by atoms with Crippen molar-refractivity contribution in [3.63, 3.8) is 0 Å². The van der Waals surface area contributed by atoms with Crippen LogP contribution in [0.5, 0.6) is 0 Å². The molecule has 2 N–H and O–H groups in total. The van der Waals surface area contributed by atoms with Crippen molar-refractivity contribution in [2.75, 3.05) is 32.8 Å². The van der Waals surface area contributed by atoms with Crippen LogP contribution in [0.15, 0.2) is 18.2 Å². The average molecular weight is 412 g/mol. The molecular formula is C22H28N4O4. The van der Waals surface area contributed by atoms with E-state index >= 15 is 0 Å². The average Bonchev–Trinajstić information content (AvgIpc) is 3.06. The number of carbonyl (C=O) groups is 3. The topological polar surface area (TPSA) is 91.0 Å². The zero-order valence-electron chi connectivity index (χ0n) is 17.1. The number of benzene rings is 1. The third-order valence-electron chi connectivity index (χ3n) is 6.79. The van der Waals surface area contributed by atoms with Gasteiger partial charge in [-0.05, 0) is 36.9 Å². The maximum Gasteiger partial charge on any atom is 0.255 e. The zero-order valence-corrected chi connectivity index (χ0v) is 17.1. The molecule has 4 heterocycles. The minimum absolute atomic E-state index is 0.0996. The summed E-state index contributed by atoms with van der Waals surface area (Å²) in [4.78, 5) is 41.1. The second-order valence-electron chi connectivity index (χ2n) is 8.87. The number of hydrogen-bond donors (Lipinski definition) is 2. The summed E-state index contributed by atoms with van der Waals surface area (Å²) in [5.74, 6) is -0.731. The lowest BCUT2D eigenvalue weighted by molar-refractivity contribution is -0.136. The Hall–Kier alpha value is -2.29. The van der Waals surface area contributed by atoms with E-state index in [1.165, 1.54) is 0 Å². The maximum atomic E-state index is 13.3. The quantitative estimate of drug-likeness (QED) is 0.699. The standard InChI is InChI=1S/C22H28N4O4/c27-18-6-5-17(20(28)24-18)26-12-16-4-1-3-15(19(16)21(26)29)11-25-9-10-30-22(14-25)7-2-8-23-13-22/h1,3-4,17,23H,2,5-14H2,(H,24,27,28). The van der Waals surface area contributed by atoms with Crippen LogP contribution in [0.2, 0.25) is 0 Å². The molecule has 3 amide bonds.